The highest BCUT2D eigenvalue weighted by Gasteiger charge is 2.27. The molecule has 0 aliphatic carbocycles. The smallest absolute Gasteiger partial charge is 0.349 e. The number of nitrogens with one attached hydrogen (secondary N) is 1. The molecule has 124 valence electrons. The summed E-state index contributed by atoms with van der Waals surface area (Å²) in [6, 6.07) is 10.5. The minimum absolute atomic E-state index is 0.0358. The van der Waals surface area contributed by atoms with Crippen LogP contribution < -0.4 is 4.72 Å². The molecule has 0 aliphatic heterocycles. The van der Waals surface area contributed by atoms with Gasteiger partial charge in [-0.25, -0.2) is 17.9 Å². The van der Waals surface area contributed by atoms with Crippen molar-refractivity contribution in [1.82, 2.24) is 4.72 Å². The Bertz CT molecular complexity index is 753. The van der Waals surface area contributed by atoms with Crippen molar-refractivity contribution in [3.8, 4) is 0 Å². The van der Waals surface area contributed by atoms with Crippen LogP contribution in [-0.2, 0) is 14.8 Å². The fraction of sp³-hybridized carbons (Fsp3) is 0.312. The van der Waals surface area contributed by atoms with E-state index in [1.165, 1.54) is 13.2 Å². The summed E-state index contributed by atoms with van der Waals surface area (Å²) in [4.78, 5) is 11.8. The normalized spacial score (nSPS) is 12.8. The van der Waals surface area contributed by atoms with E-state index in [0.29, 0.717) is 6.42 Å². The average molecular weight is 353 g/mol. The molecule has 1 aromatic heterocycles. The van der Waals surface area contributed by atoms with E-state index in [1.54, 1.807) is 5.38 Å². The maximum absolute atomic E-state index is 12.7. The molecular weight excluding hydrogens is 334 g/mol. The second kappa shape index (κ2) is 7.72. The number of carbonyl (C=O) groups excluding carboxylic acids is 1. The minimum Gasteiger partial charge on any atom is -0.465 e. The zero-order valence-corrected chi connectivity index (χ0v) is 14.6. The van der Waals surface area contributed by atoms with Gasteiger partial charge in [-0.2, -0.15) is 0 Å². The van der Waals surface area contributed by atoms with Gasteiger partial charge in [0.1, 0.15) is 9.77 Å². The summed E-state index contributed by atoms with van der Waals surface area (Å²) >= 11 is 1.05. The molecule has 2 rings (SSSR count). The van der Waals surface area contributed by atoms with Crippen LogP contribution in [0.2, 0.25) is 0 Å². The lowest BCUT2D eigenvalue weighted by Gasteiger charge is -2.18. The highest BCUT2D eigenvalue weighted by Crippen LogP contribution is 2.26. The van der Waals surface area contributed by atoms with Crippen LogP contribution in [0, 0.1) is 0 Å². The van der Waals surface area contributed by atoms with E-state index in [0.717, 1.165) is 23.3 Å². The number of benzene rings is 1. The number of thiophene rings is 1. The van der Waals surface area contributed by atoms with Crippen molar-refractivity contribution in [2.24, 2.45) is 0 Å². The molecular formula is C16H19NO4S2. The Morgan fingerprint density at radius 1 is 1.26 bits per heavy atom. The van der Waals surface area contributed by atoms with Gasteiger partial charge in [0, 0.05) is 6.04 Å². The van der Waals surface area contributed by atoms with E-state index in [2.05, 4.69) is 9.46 Å². The SMILES string of the molecule is CCCC(NS(=O)(=O)c1ccsc1C(=O)OC)c1ccccc1. The number of carbonyl (C=O) groups is 1. The summed E-state index contributed by atoms with van der Waals surface area (Å²) in [6.45, 7) is 1.99. The first-order valence-corrected chi connectivity index (χ1v) is 9.59. The number of ether oxygens (including phenoxy) is 1. The maximum Gasteiger partial charge on any atom is 0.349 e. The van der Waals surface area contributed by atoms with Crippen LogP contribution in [0.3, 0.4) is 0 Å². The lowest BCUT2D eigenvalue weighted by atomic mass is 10.0. The van der Waals surface area contributed by atoms with Gasteiger partial charge in [-0.3, -0.25) is 0 Å². The predicted octanol–water partition coefficient (Wildman–Crippen LogP) is 3.35. The van der Waals surface area contributed by atoms with Crippen molar-refractivity contribution in [1.29, 1.82) is 0 Å². The molecule has 23 heavy (non-hydrogen) atoms. The quantitative estimate of drug-likeness (QED) is 0.775. The highest BCUT2D eigenvalue weighted by atomic mass is 32.2. The van der Waals surface area contributed by atoms with Crippen LogP contribution >= 0.6 is 11.3 Å². The monoisotopic (exact) mass is 353 g/mol. The molecule has 2 aromatic rings. The Hall–Kier alpha value is -1.70. The third-order valence-electron chi connectivity index (χ3n) is 3.37. The number of sulfonamides is 1. The highest BCUT2D eigenvalue weighted by molar-refractivity contribution is 7.89. The van der Waals surface area contributed by atoms with Gasteiger partial charge in [-0.15, -0.1) is 11.3 Å². The van der Waals surface area contributed by atoms with Crippen molar-refractivity contribution in [3.63, 3.8) is 0 Å². The first-order chi connectivity index (χ1) is 11.0. The molecule has 0 aliphatic rings. The Morgan fingerprint density at radius 3 is 2.57 bits per heavy atom. The lowest BCUT2D eigenvalue weighted by Crippen LogP contribution is -2.29. The van der Waals surface area contributed by atoms with Gasteiger partial charge in [-0.05, 0) is 23.4 Å². The zero-order valence-electron chi connectivity index (χ0n) is 13.0. The molecule has 0 amide bonds. The average Bonchev–Trinajstić information content (AvgIpc) is 3.05. The molecule has 0 spiro atoms. The summed E-state index contributed by atoms with van der Waals surface area (Å²) < 4.78 is 32.7. The van der Waals surface area contributed by atoms with Crippen molar-refractivity contribution in [2.75, 3.05) is 7.11 Å². The molecule has 1 N–H and O–H groups in total. The van der Waals surface area contributed by atoms with E-state index in [1.807, 2.05) is 37.3 Å². The van der Waals surface area contributed by atoms with E-state index in [9.17, 15) is 13.2 Å². The zero-order chi connectivity index (χ0) is 16.9. The van der Waals surface area contributed by atoms with Crippen LogP contribution in [0.5, 0.6) is 0 Å². The second-order valence-corrected chi connectivity index (χ2v) is 7.58. The first-order valence-electron chi connectivity index (χ1n) is 7.22. The van der Waals surface area contributed by atoms with Crippen molar-refractivity contribution in [3.05, 3.63) is 52.2 Å². The molecule has 0 fully saturated rings. The topological polar surface area (TPSA) is 72.5 Å². The van der Waals surface area contributed by atoms with Crippen molar-refractivity contribution >= 4 is 27.3 Å². The minimum atomic E-state index is -3.81. The summed E-state index contributed by atoms with van der Waals surface area (Å²) in [7, 11) is -2.58. The largest absolute Gasteiger partial charge is 0.465 e. The molecule has 1 unspecified atom stereocenters. The molecule has 1 atom stereocenters. The summed E-state index contributed by atoms with van der Waals surface area (Å²) in [5.41, 5.74) is 0.896. The van der Waals surface area contributed by atoms with Crippen LogP contribution in [0.15, 0.2) is 46.7 Å². The molecule has 5 nitrogen and oxygen atoms in total. The Labute approximate surface area is 140 Å². The van der Waals surface area contributed by atoms with Gasteiger partial charge < -0.3 is 4.74 Å². The molecule has 1 heterocycles. The van der Waals surface area contributed by atoms with Crippen molar-refractivity contribution < 1.29 is 17.9 Å². The molecule has 0 radical (unpaired) electrons. The van der Waals surface area contributed by atoms with E-state index >= 15 is 0 Å². The first kappa shape index (κ1) is 17.7. The number of hydrogen-bond donors (Lipinski definition) is 1. The van der Waals surface area contributed by atoms with Crippen LogP contribution in [-0.4, -0.2) is 21.5 Å². The van der Waals surface area contributed by atoms with Crippen LogP contribution in [0.1, 0.15) is 41.0 Å². The summed E-state index contributed by atoms with van der Waals surface area (Å²) in [5.74, 6) is -0.646. The van der Waals surface area contributed by atoms with E-state index in [-0.39, 0.29) is 15.8 Å². The fourth-order valence-electron chi connectivity index (χ4n) is 2.27. The summed E-state index contributed by atoms with van der Waals surface area (Å²) in [5, 5.41) is 1.57. The maximum atomic E-state index is 12.7. The van der Waals surface area contributed by atoms with Gasteiger partial charge in [-0.1, -0.05) is 43.7 Å². The van der Waals surface area contributed by atoms with Crippen LogP contribution in [0.25, 0.3) is 0 Å². The van der Waals surface area contributed by atoms with Gasteiger partial charge >= 0.3 is 5.97 Å². The number of esters is 1. The van der Waals surface area contributed by atoms with Gasteiger partial charge in [0.05, 0.1) is 7.11 Å². The molecule has 0 saturated heterocycles. The fourth-order valence-corrected chi connectivity index (χ4v) is 4.86. The van der Waals surface area contributed by atoms with Gasteiger partial charge in [0.15, 0.2) is 0 Å². The van der Waals surface area contributed by atoms with E-state index < -0.39 is 16.0 Å². The van der Waals surface area contributed by atoms with Gasteiger partial charge in [0.25, 0.3) is 0 Å². The molecule has 1 aromatic carbocycles. The molecule has 0 bridgehead atoms. The number of rotatable bonds is 7. The molecule has 0 saturated carbocycles. The third kappa shape index (κ3) is 4.19. The Kier molecular flexibility index (Phi) is 5.92. The lowest BCUT2D eigenvalue weighted by molar-refractivity contribution is 0.0602. The third-order valence-corrected chi connectivity index (χ3v) is 5.90. The summed E-state index contributed by atoms with van der Waals surface area (Å²) in [6.07, 6.45) is 1.50. The van der Waals surface area contributed by atoms with E-state index in [4.69, 9.17) is 0 Å². The molecule has 7 heteroatoms. The van der Waals surface area contributed by atoms with Gasteiger partial charge in [0.2, 0.25) is 10.0 Å². The Morgan fingerprint density at radius 2 is 1.96 bits per heavy atom. The predicted molar refractivity (Wildman–Crippen MR) is 90.1 cm³/mol. The Balaban J connectivity index is 2.32. The standard InChI is InChI=1S/C16H19NO4S2/c1-3-7-13(12-8-5-4-6-9-12)17-23(19,20)14-10-11-22-15(14)16(18)21-2/h4-6,8-11,13,17H,3,7H2,1-2H3. The second-order valence-electron chi connectivity index (χ2n) is 4.98. The van der Waals surface area contributed by atoms with Crippen molar-refractivity contribution in [2.45, 2.75) is 30.7 Å². The number of hydrogen-bond acceptors (Lipinski definition) is 5. The van der Waals surface area contributed by atoms with Crippen LogP contribution in [0.4, 0.5) is 0 Å². The number of methoxy groups -OCH3 is 1.